The predicted octanol–water partition coefficient (Wildman–Crippen LogP) is 4.03. The maximum absolute atomic E-state index is 12.8. The van der Waals surface area contributed by atoms with Crippen molar-refractivity contribution in [2.75, 3.05) is 33.5 Å². The maximum Gasteiger partial charge on any atom is 0.417 e. The summed E-state index contributed by atoms with van der Waals surface area (Å²) in [6, 6.07) is 5.18. The molecule has 0 aromatic carbocycles. The highest BCUT2D eigenvalue weighted by molar-refractivity contribution is 5.90. The van der Waals surface area contributed by atoms with Gasteiger partial charge in [0.1, 0.15) is 25.9 Å². The molecule has 0 aliphatic rings. The number of amides is 3. The van der Waals surface area contributed by atoms with Gasteiger partial charge in [-0.05, 0) is 13.3 Å². The van der Waals surface area contributed by atoms with Crippen molar-refractivity contribution in [3.63, 3.8) is 0 Å². The molecular formula is C36H62ClN3O8. The molecule has 276 valence electrons. The zero-order valence-electron chi connectivity index (χ0n) is 30.0. The van der Waals surface area contributed by atoms with Gasteiger partial charge in [-0.1, -0.05) is 109 Å². The van der Waals surface area contributed by atoms with Crippen LogP contribution in [0.3, 0.4) is 0 Å². The van der Waals surface area contributed by atoms with E-state index in [9.17, 15) is 19.2 Å². The standard InChI is InChI=1S/C36H61N3O8.ClH/c1-5-7-8-9-10-11-12-13-14-15-16-17-18-19-20-22-25-37-35(42)46-29-33(44-4)30-47-36(43)39(31(3)40)27-32-24-21-23-26-38(32)28-34(41)45-6-2;/h21,23-24,26,33H,5-20,22,25,27-30H2,1-4H3;1H. The lowest BCUT2D eigenvalue weighted by atomic mass is 10.0. The van der Waals surface area contributed by atoms with Crippen molar-refractivity contribution >= 4 is 24.1 Å². The third-order valence-corrected chi connectivity index (χ3v) is 7.99. The van der Waals surface area contributed by atoms with Crippen molar-refractivity contribution < 1.29 is 55.1 Å². The van der Waals surface area contributed by atoms with Gasteiger partial charge in [0.15, 0.2) is 6.20 Å². The van der Waals surface area contributed by atoms with Crippen LogP contribution in [0.2, 0.25) is 0 Å². The van der Waals surface area contributed by atoms with Crippen LogP contribution < -0.4 is 22.3 Å². The van der Waals surface area contributed by atoms with Gasteiger partial charge in [0.05, 0.1) is 6.61 Å². The van der Waals surface area contributed by atoms with E-state index in [4.69, 9.17) is 18.9 Å². The second-order valence-electron chi connectivity index (χ2n) is 12.0. The van der Waals surface area contributed by atoms with Crippen molar-refractivity contribution in [2.24, 2.45) is 0 Å². The molecule has 1 heterocycles. The van der Waals surface area contributed by atoms with Crippen LogP contribution in [0.25, 0.3) is 0 Å². The number of pyridine rings is 1. The molecule has 0 bridgehead atoms. The molecule has 1 rings (SSSR count). The number of rotatable bonds is 27. The molecule has 11 nitrogen and oxygen atoms in total. The first-order valence-corrected chi connectivity index (χ1v) is 17.8. The zero-order valence-corrected chi connectivity index (χ0v) is 30.7. The van der Waals surface area contributed by atoms with Crippen molar-refractivity contribution in [3.05, 3.63) is 30.1 Å². The van der Waals surface area contributed by atoms with Gasteiger partial charge in [-0.15, -0.1) is 0 Å². The molecule has 1 aromatic heterocycles. The summed E-state index contributed by atoms with van der Waals surface area (Å²) in [4.78, 5) is 50.1. The fourth-order valence-electron chi connectivity index (χ4n) is 5.13. The van der Waals surface area contributed by atoms with Crippen molar-refractivity contribution in [1.29, 1.82) is 0 Å². The van der Waals surface area contributed by atoms with Gasteiger partial charge < -0.3 is 36.7 Å². The van der Waals surface area contributed by atoms with Gasteiger partial charge in [-0.2, -0.15) is 4.57 Å². The van der Waals surface area contributed by atoms with Gasteiger partial charge in [-0.25, -0.2) is 19.3 Å². The molecule has 0 aliphatic heterocycles. The number of imide groups is 1. The van der Waals surface area contributed by atoms with E-state index in [1.807, 2.05) is 0 Å². The van der Waals surface area contributed by atoms with E-state index < -0.39 is 30.2 Å². The first-order chi connectivity index (χ1) is 22.8. The molecule has 1 unspecified atom stereocenters. The van der Waals surface area contributed by atoms with Crippen molar-refractivity contribution in [1.82, 2.24) is 10.2 Å². The molecule has 0 spiro atoms. The van der Waals surface area contributed by atoms with E-state index in [-0.39, 0.29) is 45.3 Å². The maximum atomic E-state index is 12.8. The second kappa shape index (κ2) is 30.2. The normalized spacial score (nSPS) is 11.2. The summed E-state index contributed by atoms with van der Waals surface area (Å²) in [6.07, 6.45) is 20.2. The summed E-state index contributed by atoms with van der Waals surface area (Å²) in [6.45, 7) is 5.51. The lowest BCUT2D eigenvalue weighted by Gasteiger charge is -2.20. The molecule has 0 saturated heterocycles. The van der Waals surface area contributed by atoms with Gasteiger partial charge in [0.25, 0.3) is 0 Å². The summed E-state index contributed by atoms with van der Waals surface area (Å²) in [5.74, 6) is -0.959. The SMILES string of the molecule is CCCCCCCCCCCCCCCCCCNC(=O)OCC(COC(=O)N(Cc1cccc[n+]1CC(=O)OCC)C(C)=O)OC.[Cl-]. The van der Waals surface area contributed by atoms with E-state index in [0.29, 0.717) is 12.2 Å². The van der Waals surface area contributed by atoms with E-state index in [1.165, 1.54) is 104 Å². The van der Waals surface area contributed by atoms with Crippen LogP contribution in [0, 0.1) is 0 Å². The second-order valence-corrected chi connectivity index (χ2v) is 12.0. The van der Waals surface area contributed by atoms with Crippen LogP contribution in [0.4, 0.5) is 9.59 Å². The van der Waals surface area contributed by atoms with Crippen LogP contribution in [-0.4, -0.2) is 68.5 Å². The number of hydrogen-bond acceptors (Lipinski definition) is 8. The Morgan fingerprint density at radius 1 is 0.771 bits per heavy atom. The number of carbonyl (C=O) groups excluding carboxylic acids is 4. The molecule has 0 fully saturated rings. The van der Waals surface area contributed by atoms with Gasteiger partial charge in [-0.3, -0.25) is 4.79 Å². The Labute approximate surface area is 295 Å². The van der Waals surface area contributed by atoms with Gasteiger partial charge in [0.2, 0.25) is 18.1 Å². The number of methoxy groups -OCH3 is 1. The Kier molecular flexibility index (Phi) is 28.3. The lowest BCUT2D eigenvalue weighted by molar-refractivity contribution is -0.694. The predicted molar refractivity (Wildman–Crippen MR) is 181 cm³/mol. The number of nitrogens with one attached hydrogen (secondary N) is 1. The fraction of sp³-hybridized carbons (Fsp3) is 0.750. The minimum absolute atomic E-state index is 0. The quantitative estimate of drug-likeness (QED) is 0.0632. The molecule has 1 atom stereocenters. The van der Waals surface area contributed by atoms with Crippen molar-refractivity contribution in [3.8, 4) is 0 Å². The average molecular weight is 700 g/mol. The number of ether oxygens (including phenoxy) is 4. The zero-order chi connectivity index (χ0) is 34.5. The monoisotopic (exact) mass is 699 g/mol. The highest BCUT2D eigenvalue weighted by atomic mass is 35.5. The number of hydrogen-bond donors (Lipinski definition) is 1. The van der Waals surface area contributed by atoms with E-state index in [1.54, 1.807) is 35.9 Å². The van der Waals surface area contributed by atoms with Gasteiger partial charge >= 0.3 is 18.2 Å². The first kappa shape index (κ1) is 45.1. The summed E-state index contributed by atoms with van der Waals surface area (Å²) in [7, 11) is 1.42. The summed E-state index contributed by atoms with van der Waals surface area (Å²) in [5.41, 5.74) is 0.542. The van der Waals surface area contributed by atoms with Crippen LogP contribution in [0.15, 0.2) is 24.4 Å². The number of nitrogens with zero attached hydrogens (tertiary/aromatic N) is 2. The van der Waals surface area contributed by atoms with Crippen LogP contribution in [0.1, 0.15) is 129 Å². The molecule has 0 saturated carbocycles. The van der Waals surface area contributed by atoms with E-state index in [0.717, 1.165) is 17.7 Å². The third kappa shape index (κ3) is 22.6. The average Bonchev–Trinajstić information content (AvgIpc) is 3.05. The summed E-state index contributed by atoms with van der Waals surface area (Å²) in [5, 5.41) is 2.75. The third-order valence-electron chi connectivity index (χ3n) is 7.99. The molecule has 0 radical (unpaired) electrons. The smallest absolute Gasteiger partial charge is 0.417 e. The first-order valence-electron chi connectivity index (χ1n) is 17.8. The minimum Gasteiger partial charge on any atom is -1.00 e. The van der Waals surface area contributed by atoms with E-state index >= 15 is 0 Å². The Morgan fingerprint density at radius 3 is 1.83 bits per heavy atom. The number of carbonyl (C=O) groups is 4. The summed E-state index contributed by atoms with van der Waals surface area (Å²) >= 11 is 0. The Hall–Kier alpha value is -2.92. The molecule has 48 heavy (non-hydrogen) atoms. The highest BCUT2D eigenvalue weighted by Gasteiger charge is 2.26. The van der Waals surface area contributed by atoms with E-state index in [2.05, 4.69) is 12.2 Å². The number of esters is 1. The van der Waals surface area contributed by atoms with Crippen LogP contribution in [0.5, 0.6) is 0 Å². The highest BCUT2D eigenvalue weighted by Crippen LogP contribution is 2.14. The number of halogens is 1. The number of aromatic nitrogens is 1. The molecule has 1 N–H and O–H groups in total. The van der Waals surface area contributed by atoms with Crippen LogP contribution in [-0.2, 0) is 41.6 Å². The topological polar surface area (TPSA) is 124 Å². The molecular weight excluding hydrogens is 638 g/mol. The Morgan fingerprint density at radius 2 is 1.31 bits per heavy atom. The fourth-order valence-corrected chi connectivity index (χ4v) is 5.13. The molecule has 12 heteroatoms. The molecule has 0 aliphatic carbocycles. The Balaban J connectivity index is 0.0000221. The van der Waals surface area contributed by atoms with Crippen molar-refractivity contribution in [2.45, 2.75) is 143 Å². The summed E-state index contributed by atoms with van der Waals surface area (Å²) < 4.78 is 22.4. The minimum atomic E-state index is -0.876. The Bertz CT molecular complexity index is 1010. The largest absolute Gasteiger partial charge is 1.00 e. The molecule has 3 amide bonds. The van der Waals surface area contributed by atoms with Gasteiger partial charge in [0, 0.05) is 32.7 Å². The lowest BCUT2D eigenvalue weighted by Crippen LogP contribution is -3.00. The van der Waals surface area contributed by atoms with Crippen LogP contribution >= 0.6 is 0 Å². The number of alkyl carbamates (subject to hydrolysis) is 1. The number of unbranched alkanes of at least 4 members (excludes halogenated alkanes) is 15. The molecule has 1 aromatic rings.